The van der Waals surface area contributed by atoms with Crippen molar-refractivity contribution in [1.29, 1.82) is 0 Å². The highest BCUT2D eigenvalue weighted by molar-refractivity contribution is 5.93. The van der Waals surface area contributed by atoms with Crippen LogP contribution >= 0.6 is 0 Å². The second kappa shape index (κ2) is 8.74. The second-order valence-electron chi connectivity index (χ2n) is 3.48. The number of carbonyl (C=O) groups excluding carboxylic acids is 1. The van der Waals surface area contributed by atoms with E-state index in [0.29, 0.717) is 5.82 Å². The van der Waals surface area contributed by atoms with Gasteiger partial charge in [-0.2, -0.15) is 0 Å². The lowest BCUT2D eigenvalue weighted by molar-refractivity contribution is -0.117. The molecule has 1 saturated carbocycles. The largest absolute Gasteiger partial charge is 0.310 e. The molecule has 1 amide bonds. The first-order chi connectivity index (χ1) is 8.25. The number of carbonyl (C=O) groups is 1. The van der Waals surface area contributed by atoms with Crippen LogP contribution in [-0.4, -0.2) is 10.9 Å². The van der Waals surface area contributed by atoms with Crippen molar-refractivity contribution >= 4 is 11.7 Å². The average Bonchev–Trinajstić information content (AvgIpc) is 3.18. The smallest absolute Gasteiger partial charge is 0.228 e. The summed E-state index contributed by atoms with van der Waals surface area (Å²) in [5.41, 5.74) is 1.11. The van der Waals surface area contributed by atoms with Crippen LogP contribution in [0.25, 0.3) is 0 Å². The zero-order chi connectivity index (χ0) is 13.3. The SMILES string of the molecule is CC.CC.Cc1ccnc(NC(=O)C2CC2)c1. The van der Waals surface area contributed by atoms with Crippen molar-refractivity contribution in [1.82, 2.24) is 4.98 Å². The number of pyridine rings is 1. The van der Waals surface area contributed by atoms with Crippen LogP contribution < -0.4 is 5.32 Å². The van der Waals surface area contributed by atoms with Crippen molar-refractivity contribution in [3.8, 4) is 0 Å². The van der Waals surface area contributed by atoms with Crippen LogP contribution in [0.1, 0.15) is 46.1 Å². The summed E-state index contributed by atoms with van der Waals surface area (Å²) in [6, 6.07) is 3.78. The van der Waals surface area contributed by atoms with Crippen molar-refractivity contribution in [3.05, 3.63) is 23.9 Å². The Kier molecular flexibility index (Phi) is 8.03. The van der Waals surface area contributed by atoms with Gasteiger partial charge in [0.15, 0.2) is 0 Å². The van der Waals surface area contributed by atoms with E-state index >= 15 is 0 Å². The van der Waals surface area contributed by atoms with E-state index in [9.17, 15) is 4.79 Å². The van der Waals surface area contributed by atoms with Crippen LogP contribution in [0, 0.1) is 12.8 Å². The van der Waals surface area contributed by atoms with Crippen LogP contribution in [0.2, 0.25) is 0 Å². The van der Waals surface area contributed by atoms with E-state index in [0.717, 1.165) is 18.4 Å². The number of nitrogens with one attached hydrogen (secondary N) is 1. The average molecular weight is 236 g/mol. The Balaban J connectivity index is 0.000000581. The zero-order valence-electron chi connectivity index (χ0n) is 11.6. The summed E-state index contributed by atoms with van der Waals surface area (Å²) in [6.45, 7) is 9.98. The van der Waals surface area contributed by atoms with E-state index in [1.165, 1.54) is 0 Å². The Morgan fingerprint density at radius 2 is 1.88 bits per heavy atom. The maximum Gasteiger partial charge on any atom is 0.228 e. The molecule has 0 aliphatic heterocycles. The topological polar surface area (TPSA) is 42.0 Å². The summed E-state index contributed by atoms with van der Waals surface area (Å²) < 4.78 is 0. The van der Waals surface area contributed by atoms with Gasteiger partial charge in [0.25, 0.3) is 0 Å². The molecule has 3 heteroatoms. The number of aryl methyl sites for hydroxylation is 1. The molecule has 1 aliphatic carbocycles. The molecular weight excluding hydrogens is 212 g/mol. The fourth-order valence-corrected chi connectivity index (χ4v) is 1.18. The van der Waals surface area contributed by atoms with Crippen LogP contribution in [0.3, 0.4) is 0 Å². The monoisotopic (exact) mass is 236 g/mol. The van der Waals surface area contributed by atoms with Crippen LogP contribution in [-0.2, 0) is 4.79 Å². The maximum absolute atomic E-state index is 11.3. The van der Waals surface area contributed by atoms with E-state index in [-0.39, 0.29) is 11.8 Å². The molecule has 3 nitrogen and oxygen atoms in total. The summed E-state index contributed by atoms with van der Waals surface area (Å²) in [7, 11) is 0. The third kappa shape index (κ3) is 6.05. The van der Waals surface area contributed by atoms with Gasteiger partial charge in [-0.25, -0.2) is 4.98 Å². The lowest BCUT2D eigenvalue weighted by Crippen LogP contribution is -2.14. The lowest BCUT2D eigenvalue weighted by atomic mass is 10.3. The molecule has 0 spiro atoms. The molecule has 1 N–H and O–H groups in total. The minimum Gasteiger partial charge on any atom is -0.310 e. The Bertz CT molecular complexity index is 333. The van der Waals surface area contributed by atoms with Gasteiger partial charge in [-0.05, 0) is 37.5 Å². The number of anilines is 1. The first-order valence-corrected chi connectivity index (χ1v) is 6.49. The van der Waals surface area contributed by atoms with E-state index in [2.05, 4.69) is 10.3 Å². The number of nitrogens with zero attached hydrogens (tertiary/aromatic N) is 1. The molecule has 0 atom stereocenters. The highest BCUT2D eigenvalue weighted by Crippen LogP contribution is 2.29. The van der Waals surface area contributed by atoms with Gasteiger partial charge in [0.05, 0.1) is 0 Å². The number of hydrogen-bond acceptors (Lipinski definition) is 2. The third-order valence-electron chi connectivity index (χ3n) is 2.11. The van der Waals surface area contributed by atoms with Crippen molar-refractivity contribution < 1.29 is 4.79 Å². The Hall–Kier alpha value is -1.38. The van der Waals surface area contributed by atoms with Gasteiger partial charge in [0, 0.05) is 12.1 Å². The zero-order valence-corrected chi connectivity index (χ0v) is 11.6. The molecule has 1 heterocycles. The molecule has 1 fully saturated rings. The van der Waals surface area contributed by atoms with E-state index in [1.54, 1.807) is 6.20 Å². The molecule has 0 unspecified atom stereocenters. The quantitative estimate of drug-likeness (QED) is 0.848. The number of amides is 1. The molecule has 1 aliphatic rings. The van der Waals surface area contributed by atoms with Gasteiger partial charge >= 0.3 is 0 Å². The van der Waals surface area contributed by atoms with Crippen molar-refractivity contribution in [3.63, 3.8) is 0 Å². The third-order valence-corrected chi connectivity index (χ3v) is 2.11. The first-order valence-electron chi connectivity index (χ1n) is 6.49. The molecule has 2 rings (SSSR count). The predicted octanol–water partition coefficient (Wildman–Crippen LogP) is 3.79. The van der Waals surface area contributed by atoms with Crippen LogP contribution in [0.4, 0.5) is 5.82 Å². The lowest BCUT2D eigenvalue weighted by Gasteiger charge is -2.02. The standard InChI is InChI=1S/C10H12N2O.2C2H6/c1-7-4-5-11-9(6-7)12-10(13)8-2-3-8;2*1-2/h4-6,8H,2-3H2,1H3,(H,11,12,13);2*1-2H3. The normalized spacial score (nSPS) is 12.5. The molecule has 0 aromatic carbocycles. The Labute approximate surface area is 105 Å². The van der Waals surface area contributed by atoms with Crippen LogP contribution in [0.5, 0.6) is 0 Å². The predicted molar refractivity (Wildman–Crippen MR) is 73.0 cm³/mol. The van der Waals surface area contributed by atoms with Gasteiger partial charge in [-0.3, -0.25) is 4.79 Å². The minimum atomic E-state index is 0.109. The first kappa shape index (κ1) is 15.6. The van der Waals surface area contributed by atoms with Crippen molar-refractivity contribution in [2.24, 2.45) is 5.92 Å². The van der Waals surface area contributed by atoms with E-state index in [4.69, 9.17) is 0 Å². The van der Waals surface area contributed by atoms with E-state index in [1.807, 2.05) is 46.8 Å². The number of hydrogen-bond donors (Lipinski definition) is 1. The summed E-state index contributed by atoms with van der Waals surface area (Å²) in [6.07, 6.45) is 3.76. The van der Waals surface area contributed by atoms with Gasteiger partial charge in [-0.15, -0.1) is 0 Å². The fourth-order valence-electron chi connectivity index (χ4n) is 1.18. The molecule has 96 valence electrons. The van der Waals surface area contributed by atoms with Crippen molar-refractivity contribution in [2.45, 2.75) is 47.5 Å². The summed E-state index contributed by atoms with van der Waals surface area (Å²) in [5, 5.41) is 2.79. The summed E-state index contributed by atoms with van der Waals surface area (Å²) in [5.74, 6) is 1.01. The Morgan fingerprint density at radius 1 is 1.29 bits per heavy atom. The molecule has 0 bridgehead atoms. The molecule has 1 aromatic heterocycles. The summed E-state index contributed by atoms with van der Waals surface area (Å²) in [4.78, 5) is 15.4. The second-order valence-corrected chi connectivity index (χ2v) is 3.48. The molecule has 1 aromatic rings. The van der Waals surface area contributed by atoms with Gasteiger partial charge in [-0.1, -0.05) is 27.7 Å². The maximum atomic E-state index is 11.3. The molecule has 0 radical (unpaired) electrons. The highest BCUT2D eigenvalue weighted by atomic mass is 16.2. The molecule has 17 heavy (non-hydrogen) atoms. The molecule has 0 saturated heterocycles. The minimum absolute atomic E-state index is 0.109. The van der Waals surface area contributed by atoms with Gasteiger partial charge in [0.2, 0.25) is 5.91 Å². The highest BCUT2D eigenvalue weighted by Gasteiger charge is 2.29. The van der Waals surface area contributed by atoms with Gasteiger partial charge in [0.1, 0.15) is 5.82 Å². The van der Waals surface area contributed by atoms with Crippen LogP contribution in [0.15, 0.2) is 18.3 Å². The number of aromatic nitrogens is 1. The van der Waals surface area contributed by atoms with E-state index < -0.39 is 0 Å². The number of rotatable bonds is 2. The fraction of sp³-hybridized carbons (Fsp3) is 0.571. The Morgan fingerprint density at radius 3 is 2.35 bits per heavy atom. The van der Waals surface area contributed by atoms with Crippen molar-refractivity contribution in [2.75, 3.05) is 5.32 Å². The molecular formula is C14H24N2O. The summed E-state index contributed by atoms with van der Waals surface area (Å²) >= 11 is 0. The van der Waals surface area contributed by atoms with Gasteiger partial charge < -0.3 is 5.32 Å².